The monoisotopic (exact) mass is 365 g/mol. The lowest BCUT2D eigenvalue weighted by molar-refractivity contribution is 0.341. The summed E-state index contributed by atoms with van der Waals surface area (Å²) in [4.78, 5) is 4.62. The van der Waals surface area contributed by atoms with Gasteiger partial charge in [0.05, 0.1) is 23.3 Å². The fourth-order valence-corrected chi connectivity index (χ4v) is 4.69. The predicted molar refractivity (Wildman–Crippen MR) is 92.1 cm³/mol. The number of nitrogens with zero attached hydrogens (tertiary/aromatic N) is 2. The van der Waals surface area contributed by atoms with E-state index in [-0.39, 0.29) is 10.6 Å². The van der Waals surface area contributed by atoms with Gasteiger partial charge in [0.25, 0.3) is 0 Å². The number of rotatable bonds is 6. The molecule has 2 aromatic rings. The highest BCUT2D eigenvalue weighted by Gasteiger charge is 2.36. The number of benzene rings is 1. The van der Waals surface area contributed by atoms with Crippen LogP contribution in [0, 0.1) is 0 Å². The van der Waals surface area contributed by atoms with E-state index in [0.717, 1.165) is 25.7 Å². The number of nitrogens with two attached hydrogens (primary N) is 1. The lowest BCUT2D eigenvalue weighted by atomic mass is 9.98. The summed E-state index contributed by atoms with van der Waals surface area (Å²) < 4.78 is 35.5. The topological polar surface area (TPSA) is 108 Å². The van der Waals surface area contributed by atoms with Crippen molar-refractivity contribution in [3.8, 4) is 5.75 Å². The van der Waals surface area contributed by atoms with Crippen LogP contribution in [0.15, 0.2) is 33.7 Å². The molecule has 0 saturated heterocycles. The maximum absolute atomic E-state index is 12.6. The van der Waals surface area contributed by atoms with Crippen molar-refractivity contribution >= 4 is 9.84 Å². The van der Waals surface area contributed by atoms with Crippen LogP contribution < -0.4 is 10.5 Å². The van der Waals surface area contributed by atoms with Gasteiger partial charge in [-0.25, -0.2) is 8.42 Å². The summed E-state index contributed by atoms with van der Waals surface area (Å²) in [6.07, 6.45) is 3.73. The molecule has 1 aliphatic rings. The molecule has 0 bridgehead atoms. The van der Waals surface area contributed by atoms with E-state index in [4.69, 9.17) is 15.0 Å². The molecule has 25 heavy (non-hydrogen) atoms. The van der Waals surface area contributed by atoms with Gasteiger partial charge in [-0.15, -0.1) is 0 Å². The molecule has 1 aliphatic carbocycles. The molecule has 0 amide bonds. The van der Waals surface area contributed by atoms with Crippen molar-refractivity contribution in [2.45, 2.75) is 49.0 Å². The average molecular weight is 365 g/mol. The number of methoxy groups -OCH3 is 1. The average Bonchev–Trinajstić information content (AvgIpc) is 3.24. The Hall–Kier alpha value is -1.93. The van der Waals surface area contributed by atoms with E-state index in [1.165, 1.54) is 19.2 Å². The van der Waals surface area contributed by atoms with Crippen LogP contribution in [0.1, 0.15) is 50.2 Å². The second-order valence-electron chi connectivity index (χ2n) is 6.68. The smallest absolute Gasteiger partial charge is 0.230 e. The summed E-state index contributed by atoms with van der Waals surface area (Å²) in [7, 11) is -1.94. The van der Waals surface area contributed by atoms with Gasteiger partial charge in [0, 0.05) is 5.92 Å². The SMILES string of the molecule is COc1ccc(S(=O)(=O)CC(C)c2nc(C3(N)CCCC3)no2)cc1. The van der Waals surface area contributed by atoms with Gasteiger partial charge in [0.15, 0.2) is 15.7 Å². The molecule has 1 heterocycles. The molecule has 2 N–H and O–H groups in total. The molecule has 1 aromatic carbocycles. The summed E-state index contributed by atoms with van der Waals surface area (Å²) >= 11 is 0. The molecule has 0 aliphatic heterocycles. The van der Waals surface area contributed by atoms with Gasteiger partial charge in [0.1, 0.15) is 5.75 Å². The van der Waals surface area contributed by atoms with E-state index in [1.54, 1.807) is 19.1 Å². The Morgan fingerprint density at radius 1 is 1.28 bits per heavy atom. The van der Waals surface area contributed by atoms with Crippen LogP contribution in [0.4, 0.5) is 0 Å². The zero-order chi connectivity index (χ0) is 18.1. The first kappa shape index (κ1) is 17.9. The van der Waals surface area contributed by atoms with Crippen LogP contribution in [-0.2, 0) is 15.4 Å². The van der Waals surface area contributed by atoms with Crippen molar-refractivity contribution in [1.29, 1.82) is 0 Å². The minimum Gasteiger partial charge on any atom is -0.497 e. The normalized spacial score (nSPS) is 18.2. The van der Waals surface area contributed by atoms with E-state index in [9.17, 15) is 8.42 Å². The number of hydrogen-bond donors (Lipinski definition) is 1. The molecular weight excluding hydrogens is 342 g/mol. The third-order valence-electron chi connectivity index (χ3n) is 4.69. The van der Waals surface area contributed by atoms with Crippen molar-refractivity contribution < 1.29 is 17.7 Å². The Morgan fingerprint density at radius 2 is 1.92 bits per heavy atom. The van der Waals surface area contributed by atoms with E-state index >= 15 is 0 Å². The number of aromatic nitrogens is 2. The van der Waals surface area contributed by atoms with Crippen molar-refractivity contribution in [3.05, 3.63) is 36.0 Å². The fourth-order valence-electron chi connectivity index (χ4n) is 3.15. The summed E-state index contributed by atoms with van der Waals surface area (Å²) in [6.45, 7) is 1.76. The van der Waals surface area contributed by atoms with Crippen LogP contribution in [0.3, 0.4) is 0 Å². The third kappa shape index (κ3) is 3.69. The summed E-state index contributed by atoms with van der Waals surface area (Å²) in [5.41, 5.74) is 5.78. The van der Waals surface area contributed by atoms with E-state index < -0.39 is 21.3 Å². The van der Waals surface area contributed by atoms with Gasteiger partial charge in [0.2, 0.25) is 5.89 Å². The molecule has 0 radical (unpaired) electrons. The van der Waals surface area contributed by atoms with Gasteiger partial charge in [-0.05, 0) is 37.1 Å². The highest BCUT2D eigenvalue weighted by molar-refractivity contribution is 7.91. The summed E-state index contributed by atoms with van der Waals surface area (Å²) in [5, 5.41) is 3.99. The van der Waals surface area contributed by atoms with E-state index in [0.29, 0.717) is 17.5 Å². The molecule has 1 unspecified atom stereocenters. The fraction of sp³-hybridized carbons (Fsp3) is 0.529. The quantitative estimate of drug-likeness (QED) is 0.837. The molecular formula is C17H23N3O4S. The Bertz CT molecular complexity index is 824. The maximum Gasteiger partial charge on any atom is 0.230 e. The Morgan fingerprint density at radius 3 is 2.52 bits per heavy atom. The van der Waals surface area contributed by atoms with Gasteiger partial charge in [-0.3, -0.25) is 0 Å². The van der Waals surface area contributed by atoms with E-state index in [1.807, 2.05) is 0 Å². The van der Waals surface area contributed by atoms with Crippen LogP contribution in [0.5, 0.6) is 5.75 Å². The van der Waals surface area contributed by atoms with Crippen molar-refractivity contribution in [2.24, 2.45) is 5.73 Å². The lowest BCUT2D eigenvalue weighted by Crippen LogP contribution is -2.34. The minimum absolute atomic E-state index is 0.113. The second kappa shape index (κ2) is 6.76. The summed E-state index contributed by atoms with van der Waals surface area (Å²) in [5.74, 6) is 0.868. The molecule has 136 valence electrons. The van der Waals surface area contributed by atoms with Crippen LogP contribution >= 0.6 is 0 Å². The zero-order valence-corrected chi connectivity index (χ0v) is 15.3. The molecule has 1 fully saturated rings. The number of ether oxygens (including phenoxy) is 1. The molecule has 1 saturated carbocycles. The zero-order valence-electron chi connectivity index (χ0n) is 14.4. The Labute approximate surface area is 147 Å². The summed E-state index contributed by atoms with van der Waals surface area (Å²) in [6, 6.07) is 6.32. The molecule has 1 aromatic heterocycles. The van der Waals surface area contributed by atoms with Gasteiger partial charge in [-0.1, -0.05) is 24.9 Å². The van der Waals surface area contributed by atoms with Crippen molar-refractivity contribution in [3.63, 3.8) is 0 Å². The van der Waals surface area contributed by atoms with Gasteiger partial charge in [-0.2, -0.15) is 4.98 Å². The van der Waals surface area contributed by atoms with Crippen LogP contribution in [-0.4, -0.2) is 31.4 Å². The van der Waals surface area contributed by atoms with Crippen LogP contribution in [0.2, 0.25) is 0 Å². The van der Waals surface area contributed by atoms with E-state index in [2.05, 4.69) is 10.1 Å². The first-order valence-corrected chi connectivity index (χ1v) is 9.99. The lowest BCUT2D eigenvalue weighted by Gasteiger charge is -2.17. The molecule has 0 spiro atoms. The Balaban J connectivity index is 1.74. The van der Waals surface area contributed by atoms with Crippen LogP contribution in [0.25, 0.3) is 0 Å². The molecule has 8 heteroatoms. The molecule has 3 rings (SSSR count). The highest BCUT2D eigenvalue weighted by Crippen LogP contribution is 2.35. The molecule has 1 atom stereocenters. The number of sulfone groups is 1. The van der Waals surface area contributed by atoms with Gasteiger partial charge >= 0.3 is 0 Å². The third-order valence-corrected chi connectivity index (χ3v) is 6.62. The largest absolute Gasteiger partial charge is 0.497 e. The predicted octanol–water partition coefficient (Wildman–Crippen LogP) is 2.38. The highest BCUT2D eigenvalue weighted by atomic mass is 32.2. The second-order valence-corrected chi connectivity index (χ2v) is 8.71. The Kier molecular flexibility index (Phi) is 4.83. The number of hydrogen-bond acceptors (Lipinski definition) is 7. The van der Waals surface area contributed by atoms with Crippen molar-refractivity contribution in [2.75, 3.05) is 12.9 Å². The van der Waals surface area contributed by atoms with Crippen molar-refractivity contribution in [1.82, 2.24) is 10.1 Å². The maximum atomic E-state index is 12.6. The standard InChI is InChI=1S/C17H23N3O4S/c1-12(11-25(21,22)14-7-5-13(23-2)6-8-14)15-19-16(20-24-15)17(18)9-3-4-10-17/h5-8,12H,3-4,9-11,18H2,1-2H3. The molecule has 7 nitrogen and oxygen atoms in total. The minimum atomic E-state index is -3.47. The van der Waals surface area contributed by atoms with Gasteiger partial charge < -0.3 is 15.0 Å². The first-order valence-electron chi connectivity index (χ1n) is 8.34. The first-order chi connectivity index (χ1) is 11.8.